The molecule has 4 heterocycles. The Hall–Kier alpha value is -3.53. The van der Waals surface area contributed by atoms with Gasteiger partial charge >= 0.3 is 0 Å². The second-order valence-electron chi connectivity index (χ2n) is 9.65. The van der Waals surface area contributed by atoms with E-state index >= 15 is 0 Å². The summed E-state index contributed by atoms with van der Waals surface area (Å²) in [4.78, 5) is 41.6. The van der Waals surface area contributed by atoms with Crippen molar-refractivity contribution in [2.24, 2.45) is 17.8 Å². The lowest BCUT2D eigenvalue weighted by Crippen LogP contribution is -2.50. The van der Waals surface area contributed by atoms with Crippen LogP contribution in [0.2, 0.25) is 5.02 Å². The quantitative estimate of drug-likeness (QED) is 0.380. The molecule has 0 saturated heterocycles. The number of nitrogens with zero attached hydrogens (tertiary/aromatic N) is 4. The summed E-state index contributed by atoms with van der Waals surface area (Å²) in [6, 6.07) is 1.27. The summed E-state index contributed by atoms with van der Waals surface area (Å²) >= 11 is 6.62. The van der Waals surface area contributed by atoms with Crippen LogP contribution in [0.15, 0.2) is 30.9 Å². The summed E-state index contributed by atoms with van der Waals surface area (Å²) in [7, 11) is 1.54. The number of rotatable bonds is 5. The molecule has 4 aromatic rings. The van der Waals surface area contributed by atoms with Crippen molar-refractivity contribution in [3.8, 4) is 11.4 Å². The van der Waals surface area contributed by atoms with Gasteiger partial charge in [-0.15, -0.1) is 0 Å². The molecular weight excluding hydrogens is 485 g/mol. The highest BCUT2D eigenvalue weighted by molar-refractivity contribution is 6.35. The number of carbonyl (C=O) groups excluding carboxylic acids is 2. The SMILES string of the molecule is CNC(=O)CNC(=O)[C@H]1C2CCC(CC2)C1n1cc(Cl)c2cnc(-c3c[nH]c4ncc(F)cc34)nc21. The Morgan fingerprint density at radius 2 is 1.94 bits per heavy atom. The molecule has 3 saturated carbocycles. The van der Waals surface area contributed by atoms with E-state index in [-0.39, 0.29) is 36.2 Å². The van der Waals surface area contributed by atoms with E-state index in [1.54, 1.807) is 19.4 Å². The number of halogens is 2. The Labute approximate surface area is 210 Å². The smallest absolute Gasteiger partial charge is 0.239 e. The highest BCUT2D eigenvalue weighted by atomic mass is 35.5. The first-order valence-corrected chi connectivity index (χ1v) is 12.5. The van der Waals surface area contributed by atoms with Crippen LogP contribution in [0.3, 0.4) is 0 Å². The van der Waals surface area contributed by atoms with Crippen LogP contribution in [0.4, 0.5) is 4.39 Å². The van der Waals surface area contributed by atoms with E-state index in [2.05, 4.69) is 25.6 Å². The van der Waals surface area contributed by atoms with Crippen molar-refractivity contribution >= 4 is 45.5 Å². The molecule has 0 aromatic carbocycles. The van der Waals surface area contributed by atoms with Crippen LogP contribution in [0.1, 0.15) is 31.7 Å². The lowest BCUT2D eigenvalue weighted by atomic mass is 9.61. The number of pyridine rings is 1. The second kappa shape index (κ2) is 8.85. The number of fused-ring (bicyclic) bond motifs is 5. The molecule has 7 rings (SSSR count). The van der Waals surface area contributed by atoms with Gasteiger partial charge < -0.3 is 20.2 Å². The molecule has 0 aliphatic heterocycles. The highest BCUT2D eigenvalue weighted by Gasteiger charge is 2.48. The number of aromatic nitrogens is 5. The van der Waals surface area contributed by atoms with Gasteiger partial charge in [0.1, 0.15) is 17.1 Å². The molecule has 3 N–H and O–H groups in total. The Kier molecular flexibility index (Phi) is 5.63. The standard InChI is InChI=1S/C25H25ClFN7O2/c1-28-19(35)10-32-25(36)20-12-2-4-13(5-3-12)21(20)34-11-18(26)17-9-31-23(33-24(17)34)16-8-30-22-15(16)6-14(27)7-29-22/h6-9,11-13,20-21H,2-5,10H2,1H3,(H,28,35)(H,29,30)(H,32,36)/t12?,13?,20-,21?/m0/s1. The summed E-state index contributed by atoms with van der Waals surface area (Å²) < 4.78 is 15.9. The van der Waals surface area contributed by atoms with Crippen molar-refractivity contribution in [2.75, 3.05) is 13.6 Å². The maximum absolute atomic E-state index is 13.9. The molecule has 0 radical (unpaired) electrons. The summed E-state index contributed by atoms with van der Waals surface area (Å²) in [5.41, 5.74) is 1.80. The highest BCUT2D eigenvalue weighted by Crippen LogP contribution is 2.52. The fourth-order valence-corrected chi connectivity index (χ4v) is 6.31. The fraction of sp³-hybridized carbons (Fsp3) is 0.400. The number of hydrogen-bond acceptors (Lipinski definition) is 5. The van der Waals surface area contributed by atoms with Crippen LogP contribution >= 0.6 is 11.6 Å². The summed E-state index contributed by atoms with van der Waals surface area (Å²) in [5.74, 6) is -0.162. The van der Waals surface area contributed by atoms with Gasteiger partial charge in [0, 0.05) is 42.6 Å². The number of carbonyl (C=O) groups is 2. The van der Waals surface area contributed by atoms with Gasteiger partial charge in [-0.1, -0.05) is 11.6 Å². The van der Waals surface area contributed by atoms with Gasteiger partial charge in [0.2, 0.25) is 11.8 Å². The Bertz CT molecular complexity index is 1490. The van der Waals surface area contributed by atoms with Crippen LogP contribution < -0.4 is 10.6 Å². The number of amides is 2. The monoisotopic (exact) mass is 509 g/mol. The number of likely N-dealkylation sites (N-methyl/N-ethyl adjacent to an activating group) is 1. The van der Waals surface area contributed by atoms with Crippen LogP contribution in [-0.4, -0.2) is 49.9 Å². The first-order chi connectivity index (χ1) is 17.4. The van der Waals surface area contributed by atoms with E-state index in [0.717, 1.165) is 31.9 Å². The van der Waals surface area contributed by atoms with Crippen LogP contribution in [0.25, 0.3) is 33.5 Å². The van der Waals surface area contributed by atoms with Gasteiger partial charge in [-0.3, -0.25) is 9.59 Å². The molecule has 1 unspecified atom stereocenters. The van der Waals surface area contributed by atoms with Gasteiger partial charge in [-0.25, -0.2) is 19.3 Å². The summed E-state index contributed by atoms with van der Waals surface area (Å²) in [6.07, 6.45) is 10.4. The molecule has 9 nitrogen and oxygen atoms in total. The van der Waals surface area contributed by atoms with E-state index in [4.69, 9.17) is 16.6 Å². The van der Waals surface area contributed by atoms with Crippen molar-refractivity contribution in [3.63, 3.8) is 0 Å². The summed E-state index contributed by atoms with van der Waals surface area (Å²) in [5, 5.41) is 7.15. The zero-order valence-corrected chi connectivity index (χ0v) is 20.3. The molecule has 11 heteroatoms. The predicted molar refractivity (Wildman–Crippen MR) is 133 cm³/mol. The fourth-order valence-electron chi connectivity index (χ4n) is 6.07. The van der Waals surface area contributed by atoms with E-state index in [0.29, 0.717) is 44.4 Å². The van der Waals surface area contributed by atoms with Gasteiger partial charge in [-0.05, 0) is 43.6 Å². The first-order valence-electron chi connectivity index (χ1n) is 12.1. The van der Waals surface area contributed by atoms with E-state index in [1.165, 1.54) is 6.07 Å². The minimum Gasteiger partial charge on any atom is -0.358 e. The minimum absolute atomic E-state index is 0.0550. The third-order valence-corrected chi connectivity index (χ3v) is 8.06. The predicted octanol–water partition coefficient (Wildman–Crippen LogP) is 3.61. The third-order valence-electron chi connectivity index (χ3n) is 7.76. The Balaban J connectivity index is 1.43. The van der Waals surface area contributed by atoms with Crippen molar-refractivity contribution in [1.29, 1.82) is 0 Å². The van der Waals surface area contributed by atoms with Gasteiger partial charge in [-0.2, -0.15) is 0 Å². The van der Waals surface area contributed by atoms with Crippen LogP contribution in [-0.2, 0) is 9.59 Å². The molecule has 186 valence electrons. The van der Waals surface area contributed by atoms with Crippen molar-refractivity contribution in [2.45, 2.75) is 31.7 Å². The molecule has 4 aromatic heterocycles. The zero-order valence-electron chi connectivity index (χ0n) is 19.6. The molecule has 3 aliphatic carbocycles. The topological polar surface area (TPSA) is 118 Å². The molecular formula is C25H25ClFN7O2. The maximum Gasteiger partial charge on any atom is 0.239 e. The summed E-state index contributed by atoms with van der Waals surface area (Å²) in [6.45, 7) is -0.0550. The van der Waals surface area contributed by atoms with Gasteiger partial charge in [0.15, 0.2) is 5.82 Å². The van der Waals surface area contributed by atoms with Gasteiger partial charge in [0.05, 0.1) is 29.1 Å². The zero-order chi connectivity index (χ0) is 25.0. The van der Waals surface area contributed by atoms with Gasteiger partial charge in [0.25, 0.3) is 0 Å². The molecule has 2 bridgehead atoms. The minimum atomic E-state index is -0.445. The molecule has 3 aliphatic rings. The number of H-pyrrole nitrogens is 1. The van der Waals surface area contributed by atoms with Crippen molar-refractivity contribution < 1.29 is 14.0 Å². The number of hydrogen-bond donors (Lipinski definition) is 3. The molecule has 0 spiro atoms. The lowest BCUT2D eigenvalue weighted by Gasteiger charge is -2.48. The van der Waals surface area contributed by atoms with Crippen LogP contribution in [0, 0.1) is 23.6 Å². The van der Waals surface area contributed by atoms with E-state index < -0.39 is 5.82 Å². The molecule has 36 heavy (non-hydrogen) atoms. The molecule has 2 amide bonds. The van der Waals surface area contributed by atoms with Crippen molar-refractivity contribution in [3.05, 3.63) is 41.7 Å². The number of nitrogens with one attached hydrogen (secondary N) is 3. The first kappa shape index (κ1) is 22.9. The second-order valence-corrected chi connectivity index (χ2v) is 10.1. The maximum atomic E-state index is 13.9. The average Bonchev–Trinajstić information content (AvgIpc) is 3.47. The number of aromatic amines is 1. The largest absolute Gasteiger partial charge is 0.358 e. The average molecular weight is 510 g/mol. The van der Waals surface area contributed by atoms with E-state index in [9.17, 15) is 14.0 Å². The Morgan fingerprint density at radius 1 is 1.17 bits per heavy atom. The lowest BCUT2D eigenvalue weighted by molar-refractivity contribution is -0.135. The van der Waals surface area contributed by atoms with Crippen molar-refractivity contribution in [1.82, 2.24) is 35.1 Å². The normalized spacial score (nSPS) is 23.3. The van der Waals surface area contributed by atoms with Crippen LogP contribution in [0.5, 0.6) is 0 Å². The molecule has 2 atom stereocenters. The Morgan fingerprint density at radius 3 is 2.72 bits per heavy atom. The third kappa shape index (κ3) is 3.71. The molecule has 3 fully saturated rings. The van der Waals surface area contributed by atoms with E-state index in [1.807, 2.05) is 10.8 Å².